The number of nitrogens with two attached hydrogens (primary N) is 1. The fraction of sp³-hybridized carbons (Fsp3) is 0.500. The lowest BCUT2D eigenvalue weighted by Crippen LogP contribution is -2.52. The van der Waals surface area contributed by atoms with E-state index in [0.717, 1.165) is 48.1 Å². The average molecular weight is 356 g/mol. The van der Waals surface area contributed by atoms with Gasteiger partial charge in [0.25, 0.3) is 0 Å². The molecule has 7 heteroatoms. The number of nitrogens with one attached hydrogen (secondary N) is 1. The molecule has 1 aromatic heterocycles. The van der Waals surface area contributed by atoms with Crippen LogP contribution in [-0.4, -0.2) is 23.0 Å². The van der Waals surface area contributed by atoms with Gasteiger partial charge in [0.1, 0.15) is 5.75 Å². The van der Waals surface area contributed by atoms with Crippen molar-refractivity contribution in [2.75, 3.05) is 11.9 Å². The number of aromatic nitrogens is 1. The number of benzene rings is 1. The van der Waals surface area contributed by atoms with Gasteiger partial charge in [0.15, 0.2) is 5.13 Å². The van der Waals surface area contributed by atoms with E-state index in [2.05, 4.69) is 10.3 Å². The van der Waals surface area contributed by atoms with E-state index >= 15 is 0 Å². The van der Waals surface area contributed by atoms with Crippen LogP contribution < -0.4 is 15.8 Å². The third kappa shape index (κ3) is 3.94. The van der Waals surface area contributed by atoms with E-state index in [4.69, 9.17) is 10.5 Å². The second-order valence-electron chi connectivity index (χ2n) is 5.75. The first-order valence-electron chi connectivity index (χ1n) is 7.74. The van der Waals surface area contributed by atoms with Gasteiger partial charge in [-0.25, -0.2) is 4.98 Å². The molecule has 0 atom stereocenters. The van der Waals surface area contributed by atoms with Crippen LogP contribution in [0.1, 0.15) is 39.0 Å². The highest BCUT2D eigenvalue weighted by atomic mass is 35.5. The lowest BCUT2D eigenvalue weighted by molar-refractivity contribution is -0.122. The Hall–Kier alpha value is -1.37. The van der Waals surface area contributed by atoms with Gasteiger partial charge in [0.05, 0.1) is 22.4 Å². The molecule has 0 unspecified atom stereocenters. The summed E-state index contributed by atoms with van der Waals surface area (Å²) in [5, 5.41) is 3.50. The van der Waals surface area contributed by atoms with Gasteiger partial charge < -0.3 is 15.8 Å². The summed E-state index contributed by atoms with van der Waals surface area (Å²) in [6, 6.07) is 5.75. The summed E-state index contributed by atoms with van der Waals surface area (Å²) in [7, 11) is 0. The van der Waals surface area contributed by atoms with Crippen LogP contribution in [0, 0.1) is 0 Å². The number of anilines is 1. The molecule has 0 saturated heterocycles. The molecule has 2 aromatic rings. The number of nitrogens with zero attached hydrogens (tertiary/aromatic N) is 1. The van der Waals surface area contributed by atoms with Crippen LogP contribution in [0.3, 0.4) is 0 Å². The van der Waals surface area contributed by atoms with Crippen LogP contribution in [-0.2, 0) is 4.79 Å². The van der Waals surface area contributed by atoms with Crippen molar-refractivity contribution in [2.45, 2.75) is 44.6 Å². The summed E-state index contributed by atoms with van der Waals surface area (Å²) < 4.78 is 6.48. The molecule has 126 valence electrons. The van der Waals surface area contributed by atoms with Crippen LogP contribution in [0.25, 0.3) is 10.2 Å². The Morgan fingerprint density at radius 1 is 1.39 bits per heavy atom. The van der Waals surface area contributed by atoms with Gasteiger partial charge in [-0.15, -0.1) is 12.4 Å². The van der Waals surface area contributed by atoms with Gasteiger partial charge in [-0.1, -0.05) is 30.6 Å². The molecule has 1 heterocycles. The van der Waals surface area contributed by atoms with Crippen LogP contribution in [0.4, 0.5) is 5.13 Å². The molecule has 0 spiro atoms. The van der Waals surface area contributed by atoms with Crippen molar-refractivity contribution in [2.24, 2.45) is 5.73 Å². The largest absolute Gasteiger partial charge is 0.494 e. The van der Waals surface area contributed by atoms with Crippen LogP contribution >= 0.6 is 23.7 Å². The maximum atomic E-state index is 12.4. The van der Waals surface area contributed by atoms with E-state index in [1.54, 1.807) is 0 Å². The fourth-order valence-corrected chi connectivity index (χ4v) is 3.74. The lowest BCUT2D eigenvalue weighted by Gasteiger charge is -2.31. The zero-order valence-electron chi connectivity index (χ0n) is 13.1. The summed E-state index contributed by atoms with van der Waals surface area (Å²) in [5.74, 6) is 0.704. The monoisotopic (exact) mass is 355 g/mol. The third-order valence-corrected chi connectivity index (χ3v) is 5.02. The molecule has 0 bridgehead atoms. The Labute approximate surface area is 146 Å². The van der Waals surface area contributed by atoms with Crippen LogP contribution in [0.2, 0.25) is 0 Å². The van der Waals surface area contributed by atoms with Crippen molar-refractivity contribution in [3.05, 3.63) is 18.2 Å². The first kappa shape index (κ1) is 18.0. The zero-order valence-corrected chi connectivity index (χ0v) is 14.8. The average Bonchev–Trinajstić information content (AvgIpc) is 2.90. The molecule has 1 aliphatic carbocycles. The standard InChI is InChI=1S/C16H21N3O2S.ClH/c1-2-21-11-6-7-12-13(10-11)22-15(18-12)19-14(20)16(17)8-4-3-5-9-16;/h6-7,10H,2-5,8-9,17H2,1H3,(H,18,19,20);1H. The molecule has 23 heavy (non-hydrogen) atoms. The summed E-state index contributed by atoms with van der Waals surface area (Å²) in [5.41, 5.74) is 6.37. The van der Waals surface area contributed by atoms with Gasteiger partial charge >= 0.3 is 0 Å². The Balaban J connectivity index is 0.00000192. The van der Waals surface area contributed by atoms with Crippen molar-refractivity contribution < 1.29 is 9.53 Å². The SMILES string of the molecule is CCOc1ccc2nc(NC(=O)C3(N)CCCCC3)sc2c1.Cl. The number of carbonyl (C=O) groups excluding carboxylic acids is 1. The van der Waals surface area contributed by atoms with E-state index in [1.807, 2.05) is 25.1 Å². The van der Waals surface area contributed by atoms with E-state index in [9.17, 15) is 4.79 Å². The van der Waals surface area contributed by atoms with Crippen molar-refractivity contribution in [1.29, 1.82) is 0 Å². The number of thiazole rings is 1. The van der Waals surface area contributed by atoms with E-state index in [1.165, 1.54) is 11.3 Å². The molecule has 3 N–H and O–H groups in total. The first-order chi connectivity index (χ1) is 10.6. The first-order valence-corrected chi connectivity index (χ1v) is 8.56. The number of carbonyl (C=O) groups is 1. The van der Waals surface area contributed by atoms with Gasteiger partial charge in [-0.05, 0) is 38.0 Å². The predicted octanol–water partition coefficient (Wildman–Crippen LogP) is 3.72. The van der Waals surface area contributed by atoms with E-state index in [-0.39, 0.29) is 18.3 Å². The molecular formula is C16H22ClN3O2S. The highest BCUT2D eigenvalue weighted by molar-refractivity contribution is 7.22. The quantitative estimate of drug-likeness (QED) is 0.876. The summed E-state index contributed by atoms with van der Waals surface area (Å²) in [6.45, 7) is 2.58. The highest BCUT2D eigenvalue weighted by Gasteiger charge is 2.35. The van der Waals surface area contributed by atoms with Crippen molar-refractivity contribution in [3.8, 4) is 5.75 Å². The molecule has 1 aliphatic rings. The number of rotatable bonds is 4. The number of hydrogen-bond acceptors (Lipinski definition) is 5. The Morgan fingerprint density at radius 3 is 2.83 bits per heavy atom. The van der Waals surface area contributed by atoms with Gasteiger partial charge in [-0.2, -0.15) is 0 Å². The predicted molar refractivity (Wildman–Crippen MR) is 96.7 cm³/mol. The maximum Gasteiger partial charge on any atom is 0.246 e. The lowest BCUT2D eigenvalue weighted by atomic mass is 9.82. The molecule has 1 saturated carbocycles. The number of fused-ring (bicyclic) bond motifs is 1. The summed E-state index contributed by atoms with van der Waals surface area (Å²) in [4.78, 5) is 16.9. The van der Waals surface area contributed by atoms with Crippen molar-refractivity contribution >= 4 is 45.0 Å². The minimum Gasteiger partial charge on any atom is -0.494 e. The summed E-state index contributed by atoms with van der Waals surface area (Å²) in [6.07, 6.45) is 4.69. The van der Waals surface area contributed by atoms with Crippen molar-refractivity contribution in [1.82, 2.24) is 4.98 Å². The van der Waals surface area contributed by atoms with Crippen LogP contribution in [0.15, 0.2) is 18.2 Å². The number of amides is 1. The molecule has 1 aromatic carbocycles. The molecule has 3 rings (SSSR count). The smallest absolute Gasteiger partial charge is 0.246 e. The maximum absolute atomic E-state index is 12.4. The Kier molecular flexibility index (Phi) is 5.84. The number of halogens is 1. The van der Waals surface area contributed by atoms with E-state index < -0.39 is 5.54 Å². The Morgan fingerprint density at radius 2 is 2.13 bits per heavy atom. The molecule has 0 aliphatic heterocycles. The normalized spacial score (nSPS) is 16.6. The summed E-state index contributed by atoms with van der Waals surface area (Å²) >= 11 is 1.45. The number of hydrogen-bond donors (Lipinski definition) is 2. The highest BCUT2D eigenvalue weighted by Crippen LogP contribution is 2.31. The molecule has 0 radical (unpaired) electrons. The van der Waals surface area contributed by atoms with Crippen LogP contribution in [0.5, 0.6) is 5.75 Å². The van der Waals surface area contributed by atoms with Gasteiger partial charge in [-0.3, -0.25) is 4.79 Å². The molecular weight excluding hydrogens is 334 g/mol. The topological polar surface area (TPSA) is 77.2 Å². The second-order valence-corrected chi connectivity index (χ2v) is 6.78. The van der Waals surface area contributed by atoms with Gasteiger partial charge in [0.2, 0.25) is 5.91 Å². The molecule has 1 fully saturated rings. The third-order valence-electron chi connectivity index (χ3n) is 4.09. The second kappa shape index (κ2) is 7.47. The minimum atomic E-state index is -0.743. The zero-order chi connectivity index (χ0) is 15.6. The van der Waals surface area contributed by atoms with Crippen molar-refractivity contribution in [3.63, 3.8) is 0 Å². The Bertz CT molecular complexity index is 683. The van der Waals surface area contributed by atoms with Gasteiger partial charge in [0, 0.05) is 0 Å². The van der Waals surface area contributed by atoms with E-state index in [0.29, 0.717) is 11.7 Å². The fourth-order valence-electron chi connectivity index (χ4n) is 2.85. The minimum absolute atomic E-state index is 0. The molecule has 5 nitrogen and oxygen atoms in total. The molecule has 1 amide bonds. The number of ether oxygens (including phenoxy) is 1.